The highest BCUT2D eigenvalue weighted by atomic mass is 32.1. The van der Waals surface area contributed by atoms with Crippen molar-refractivity contribution in [2.75, 3.05) is 6.61 Å². The van der Waals surface area contributed by atoms with Crippen molar-refractivity contribution in [1.82, 2.24) is 9.78 Å². The van der Waals surface area contributed by atoms with Crippen LogP contribution >= 0.6 is 12.2 Å². The van der Waals surface area contributed by atoms with Crippen molar-refractivity contribution in [3.05, 3.63) is 46.2 Å². The Labute approximate surface area is 110 Å². The maximum atomic E-state index is 11.8. The number of rotatable bonds is 3. The van der Waals surface area contributed by atoms with Gasteiger partial charge in [0.2, 0.25) is 0 Å². The number of aromatic nitrogens is 2. The first kappa shape index (κ1) is 12.6. The van der Waals surface area contributed by atoms with E-state index >= 15 is 0 Å². The number of para-hydroxylation sites is 1. The fourth-order valence-corrected chi connectivity index (χ4v) is 2.14. The van der Waals surface area contributed by atoms with Gasteiger partial charge in [-0.2, -0.15) is 0 Å². The summed E-state index contributed by atoms with van der Waals surface area (Å²) in [6.07, 6.45) is 0. The van der Waals surface area contributed by atoms with E-state index in [4.69, 9.17) is 17.0 Å². The zero-order valence-corrected chi connectivity index (χ0v) is 11.1. The first-order valence-electron chi connectivity index (χ1n) is 5.69. The summed E-state index contributed by atoms with van der Waals surface area (Å²) in [7, 11) is 0. The summed E-state index contributed by atoms with van der Waals surface area (Å²) in [5.74, 6) is -0.383. The summed E-state index contributed by atoms with van der Waals surface area (Å²) in [5, 5.41) is 3.08. The molecule has 2 aromatic rings. The van der Waals surface area contributed by atoms with Crippen LogP contribution in [0, 0.1) is 11.6 Å². The van der Waals surface area contributed by atoms with Crippen molar-refractivity contribution in [2.45, 2.75) is 13.8 Å². The molecule has 4 nitrogen and oxygen atoms in total. The first-order chi connectivity index (χ1) is 8.65. The van der Waals surface area contributed by atoms with Crippen molar-refractivity contribution < 1.29 is 9.53 Å². The molecule has 0 unspecified atom stereocenters. The second kappa shape index (κ2) is 5.18. The lowest BCUT2D eigenvalue weighted by molar-refractivity contribution is 0.0525. The van der Waals surface area contributed by atoms with E-state index in [1.807, 2.05) is 37.3 Å². The van der Waals surface area contributed by atoms with E-state index in [1.165, 1.54) is 0 Å². The lowest BCUT2D eigenvalue weighted by Crippen LogP contribution is -2.06. The molecular weight excluding hydrogens is 248 g/mol. The van der Waals surface area contributed by atoms with Gasteiger partial charge in [0.25, 0.3) is 0 Å². The maximum Gasteiger partial charge on any atom is 0.343 e. The van der Waals surface area contributed by atoms with E-state index in [2.05, 4.69) is 5.10 Å². The van der Waals surface area contributed by atoms with Gasteiger partial charge < -0.3 is 4.74 Å². The second-order valence-corrected chi connectivity index (χ2v) is 4.20. The molecule has 0 aliphatic heterocycles. The smallest absolute Gasteiger partial charge is 0.343 e. The monoisotopic (exact) mass is 262 g/mol. The molecular formula is C13H14N2O2S. The molecule has 0 aliphatic carbocycles. The summed E-state index contributed by atoms with van der Waals surface area (Å²) >= 11 is 5.32. The molecule has 1 aromatic carbocycles. The zero-order valence-electron chi connectivity index (χ0n) is 10.3. The zero-order chi connectivity index (χ0) is 13.1. The average molecular weight is 262 g/mol. The predicted molar refractivity (Wildman–Crippen MR) is 71.6 cm³/mol. The van der Waals surface area contributed by atoms with E-state index in [1.54, 1.807) is 11.6 Å². The van der Waals surface area contributed by atoms with Crippen LogP contribution in [0.15, 0.2) is 30.3 Å². The normalized spacial score (nSPS) is 10.3. The molecule has 0 radical (unpaired) electrons. The molecule has 5 heteroatoms. The van der Waals surface area contributed by atoms with Gasteiger partial charge in [-0.15, -0.1) is 0 Å². The van der Waals surface area contributed by atoms with Crippen LogP contribution in [0.3, 0.4) is 0 Å². The molecule has 0 atom stereocenters. The van der Waals surface area contributed by atoms with Crippen molar-refractivity contribution in [2.24, 2.45) is 0 Å². The summed E-state index contributed by atoms with van der Waals surface area (Å²) < 4.78 is 7.15. The summed E-state index contributed by atoms with van der Waals surface area (Å²) in [5.41, 5.74) is 2.03. The molecule has 0 fully saturated rings. The fraction of sp³-hybridized carbons (Fsp3) is 0.231. The number of esters is 1. The average Bonchev–Trinajstić information content (AvgIpc) is 2.66. The Morgan fingerprint density at radius 1 is 1.39 bits per heavy atom. The summed E-state index contributed by atoms with van der Waals surface area (Å²) in [4.78, 5) is 11.8. The van der Waals surface area contributed by atoms with Crippen LogP contribution < -0.4 is 0 Å². The van der Waals surface area contributed by atoms with Crippen LogP contribution in [0.5, 0.6) is 0 Å². The number of carbonyl (C=O) groups is 1. The number of aromatic amines is 1. The fourth-order valence-electron chi connectivity index (χ4n) is 1.75. The van der Waals surface area contributed by atoms with E-state index in [0.717, 1.165) is 5.69 Å². The van der Waals surface area contributed by atoms with E-state index < -0.39 is 0 Å². The molecule has 1 N–H and O–H groups in total. The van der Waals surface area contributed by atoms with Crippen LogP contribution in [0.2, 0.25) is 0 Å². The molecule has 0 bridgehead atoms. The molecule has 0 spiro atoms. The Morgan fingerprint density at radius 3 is 2.67 bits per heavy atom. The lowest BCUT2D eigenvalue weighted by Gasteiger charge is -2.01. The van der Waals surface area contributed by atoms with Crippen molar-refractivity contribution in [1.29, 1.82) is 0 Å². The Hall–Kier alpha value is -1.88. The minimum atomic E-state index is -0.383. The van der Waals surface area contributed by atoms with Crippen LogP contribution in [0.4, 0.5) is 0 Å². The summed E-state index contributed by atoms with van der Waals surface area (Å²) in [6, 6.07) is 9.59. The number of hydrogen-bond acceptors (Lipinski definition) is 3. The molecule has 0 aliphatic rings. The van der Waals surface area contributed by atoms with Gasteiger partial charge in [0.1, 0.15) is 10.2 Å². The molecule has 1 heterocycles. The molecule has 0 saturated carbocycles. The van der Waals surface area contributed by atoms with Gasteiger partial charge >= 0.3 is 5.97 Å². The third kappa shape index (κ3) is 2.22. The maximum absolute atomic E-state index is 11.8. The molecule has 18 heavy (non-hydrogen) atoms. The number of nitrogens with zero attached hydrogens (tertiary/aromatic N) is 1. The van der Waals surface area contributed by atoms with Gasteiger partial charge in [-0.1, -0.05) is 30.4 Å². The number of H-pyrrole nitrogens is 1. The number of nitrogens with one attached hydrogen (secondary N) is 1. The number of aryl methyl sites for hydroxylation is 1. The quantitative estimate of drug-likeness (QED) is 0.683. The Bertz CT molecular complexity index is 614. The van der Waals surface area contributed by atoms with Gasteiger partial charge in [-0.3, -0.25) is 5.10 Å². The van der Waals surface area contributed by atoms with Gasteiger partial charge in [0, 0.05) is 5.69 Å². The molecule has 0 amide bonds. The third-order valence-corrected chi connectivity index (χ3v) is 2.95. The van der Waals surface area contributed by atoms with Gasteiger partial charge in [-0.25, -0.2) is 9.48 Å². The molecule has 2 rings (SSSR count). The van der Waals surface area contributed by atoms with Crippen molar-refractivity contribution >= 4 is 18.2 Å². The van der Waals surface area contributed by atoms with Gasteiger partial charge in [0.05, 0.1) is 12.3 Å². The van der Waals surface area contributed by atoms with Gasteiger partial charge in [-0.05, 0) is 26.0 Å². The highest BCUT2D eigenvalue weighted by Gasteiger charge is 2.17. The molecule has 94 valence electrons. The van der Waals surface area contributed by atoms with Gasteiger partial charge in [0.15, 0.2) is 0 Å². The predicted octanol–water partition coefficient (Wildman–Crippen LogP) is 3.02. The Balaban J connectivity index is 2.51. The number of benzene rings is 1. The number of carbonyl (C=O) groups excluding carboxylic acids is 1. The van der Waals surface area contributed by atoms with E-state index in [-0.39, 0.29) is 5.97 Å². The van der Waals surface area contributed by atoms with E-state index in [9.17, 15) is 4.79 Å². The lowest BCUT2D eigenvalue weighted by atomic mass is 10.3. The number of ether oxygens (including phenoxy) is 1. The number of hydrogen-bond donors (Lipinski definition) is 1. The largest absolute Gasteiger partial charge is 0.462 e. The van der Waals surface area contributed by atoms with Crippen molar-refractivity contribution in [3.8, 4) is 5.69 Å². The minimum absolute atomic E-state index is 0.337. The van der Waals surface area contributed by atoms with E-state index in [0.29, 0.717) is 22.5 Å². The highest BCUT2D eigenvalue weighted by Crippen LogP contribution is 2.15. The van der Waals surface area contributed by atoms with Crippen LogP contribution in [0.1, 0.15) is 23.0 Å². The molecule has 1 aromatic heterocycles. The van der Waals surface area contributed by atoms with Crippen LogP contribution in [-0.4, -0.2) is 22.4 Å². The Kier molecular flexibility index (Phi) is 3.62. The minimum Gasteiger partial charge on any atom is -0.462 e. The third-order valence-electron chi connectivity index (χ3n) is 2.57. The highest BCUT2D eigenvalue weighted by molar-refractivity contribution is 7.71. The van der Waals surface area contributed by atoms with Crippen molar-refractivity contribution in [3.63, 3.8) is 0 Å². The van der Waals surface area contributed by atoms with Crippen LogP contribution in [-0.2, 0) is 4.74 Å². The SMILES string of the molecule is CCOC(=O)c1c(C)[nH]n(-c2ccccc2)c1=S. The molecule has 0 saturated heterocycles. The topological polar surface area (TPSA) is 47.0 Å². The van der Waals surface area contributed by atoms with Crippen LogP contribution in [0.25, 0.3) is 5.69 Å². The summed E-state index contributed by atoms with van der Waals surface area (Å²) in [6.45, 7) is 3.92. The first-order valence-corrected chi connectivity index (χ1v) is 6.10. The Morgan fingerprint density at radius 2 is 2.06 bits per heavy atom. The second-order valence-electron chi connectivity index (χ2n) is 3.81. The standard InChI is InChI=1S/C13H14N2O2S/c1-3-17-13(16)11-9(2)14-15(12(11)18)10-7-5-4-6-8-10/h4-8,14H,3H2,1-2H3.